The number of rotatable bonds is 4. The monoisotopic (exact) mass is 342 g/mol. The highest BCUT2D eigenvalue weighted by Gasteiger charge is 2.40. The van der Waals surface area contributed by atoms with Crippen LogP contribution in [0.2, 0.25) is 0 Å². The van der Waals surface area contributed by atoms with Gasteiger partial charge in [0.05, 0.1) is 16.8 Å². The van der Waals surface area contributed by atoms with E-state index in [1.807, 2.05) is 0 Å². The molecule has 1 N–H and O–H groups in total. The van der Waals surface area contributed by atoms with Crippen LogP contribution in [-0.2, 0) is 0 Å². The molecule has 0 atom stereocenters. The molecule has 0 fully saturated rings. The standard InChI is InChI=1S/C10H7BrF4N2S/c11-5-1-2-6-7(3-5)18-9(17-6)16-4-10(14,15)8(12)13/h1-3,8H,4H2,(H,16,17). The minimum Gasteiger partial charge on any atom is -0.355 e. The molecule has 0 unspecified atom stereocenters. The van der Waals surface area contributed by atoms with Gasteiger partial charge in [0.1, 0.15) is 0 Å². The minimum absolute atomic E-state index is 0.198. The van der Waals surface area contributed by atoms with Gasteiger partial charge in [0.25, 0.3) is 0 Å². The largest absolute Gasteiger partial charge is 0.355 e. The molecule has 8 heteroatoms. The zero-order chi connectivity index (χ0) is 13.3. The lowest BCUT2D eigenvalue weighted by Gasteiger charge is -2.14. The molecule has 0 aliphatic heterocycles. The van der Waals surface area contributed by atoms with E-state index in [1.165, 1.54) is 0 Å². The molecule has 0 bridgehead atoms. The number of aromatic nitrogens is 1. The Morgan fingerprint density at radius 2 is 2.11 bits per heavy atom. The van der Waals surface area contributed by atoms with E-state index in [9.17, 15) is 17.6 Å². The van der Waals surface area contributed by atoms with Gasteiger partial charge in [0, 0.05) is 4.47 Å². The van der Waals surface area contributed by atoms with E-state index in [2.05, 4.69) is 26.2 Å². The fourth-order valence-corrected chi connectivity index (χ4v) is 2.66. The Bertz CT molecular complexity index is 558. The number of alkyl halides is 4. The van der Waals surface area contributed by atoms with Crippen molar-refractivity contribution in [2.45, 2.75) is 12.3 Å². The Kier molecular flexibility index (Phi) is 3.76. The molecular formula is C10H7BrF4N2S. The van der Waals surface area contributed by atoms with Crippen LogP contribution in [0.5, 0.6) is 0 Å². The highest BCUT2D eigenvalue weighted by atomic mass is 79.9. The van der Waals surface area contributed by atoms with E-state index < -0.39 is 18.9 Å². The normalized spacial score (nSPS) is 12.3. The molecule has 2 aromatic rings. The van der Waals surface area contributed by atoms with Gasteiger partial charge in [-0.3, -0.25) is 0 Å². The average Bonchev–Trinajstić information content (AvgIpc) is 2.68. The van der Waals surface area contributed by atoms with Gasteiger partial charge >= 0.3 is 12.3 Å². The topological polar surface area (TPSA) is 24.9 Å². The van der Waals surface area contributed by atoms with Gasteiger partial charge in [-0.2, -0.15) is 8.78 Å². The Morgan fingerprint density at radius 1 is 1.39 bits per heavy atom. The summed E-state index contributed by atoms with van der Waals surface area (Å²) in [5.74, 6) is -4.06. The molecule has 0 aliphatic rings. The van der Waals surface area contributed by atoms with Crippen LogP contribution in [0.4, 0.5) is 22.7 Å². The van der Waals surface area contributed by atoms with E-state index in [-0.39, 0.29) is 5.13 Å². The van der Waals surface area contributed by atoms with Crippen molar-refractivity contribution in [2.24, 2.45) is 0 Å². The molecule has 0 aliphatic carbocycles. The molecule has 98 valence electrons. The van der Waals surface area contributed by atoms with Crippen LogP contribution in [-0.4, -0.2) is 23.9 Å². The summed E-state index contributed by atoms with van der Waals surface area (Å²) in [6, 6.07) is 5.26. The SMILES string of the molecule is FC(F)C(F)(F)CNc1nc2ccc(Br)cc2s1. The number of halogens is 5. The molecule has 0 spiro atoms. The lowest BCUT2D eigenvalue weighted by molar-refractivity contribution is -0.117. The van der Waals surface area contributed by atoms with Crippen LogP contribution in [0.3, 0.4) is 0 Å². The van der Waals surface area contributed by atoms with Crippen molar-refractivity contribution in [3.05, 3.63) is 22.7 Å². The Hall–Kier alpha value is -0.890. The number of fused-ring (bicyclic) bond motifs is 1. The molecule has 18 heavy (non-hydrogen) atoms. The summed E-state index contributed by atoms with van der Waals surface area (Å²) in [5.41, 5.74) is 0.631. The third-order valence-corrected chi connectivity index (χ3v) is 3.61. The molecule has 0 saturated carbocycles. The summed E-state index contributed by atoms with van der Waals surface area (Å²) >= 11 is 4.40. The third kappa shape index (κ3) is 2.92. The Labute approximate surface area is 112 Å². The van der Waals surface area contributed by atoms with Crippen LogP contribution in [0.15, 0.2) is 22.7 Å². The first-order valence-corrected chi connectivity index (χ1v) is 6.45. The highest BCUT2D eigenvalue weighted by Crippen LogP contribution is 2.30. The van der Waals surface area contributed by atoms with E-state index in [0.717, 1.165) is 20.5 Å². The van der Waals surface area contributed by atoms with Crippen LogP contribution < -0.4 is 5.32 Å². The van der Waals surface area contributed by atoms with Crippen molar-refractivity contribution in [3.63, 3.8) is 0 Å². The van der Waals surface area contributed by atoms with E-state index in [4.69, 9.17) is 0 Å². The van der Waals surface area contributed by atoms with E-state index in [1.54, 1.807) is 18.2 Å². The number of thiazole rings is 1. The van der Waals surface area contributed by atoms with E-state index >= 15 is 0 Å². The summed E-state index contributed by atoms with van der Waals surface area (Å²) in [4.78, 5) is 4.02. The van der Waals surface area contributed by atoms with Gasteiger partial charge in [0.2, 0.25) is 0 Å². The number of anilines is 1. The summed E-state index contributed by atoms with van der Waals surface area (Å²) in [6.45, 7) is -1.13. The van der Waals surface area contributed by atoms with E-state index in [0.29, 0.717) is 5.52 Å². The van der Waals surface area contributed by atoms with Gasteiger partial charge in [0.15, 0.2) is 5.13 Å². The predicted molar refractivity (Wildman–Crippen MR) is 66.8 cm³/mol. The van der Waals surface area contributed by atoms with Crippen LogP contribution in [0.1, 0.15) is 0 Å². The summed E-state index contributed by atoms with van der Waals surface area (Å²) < 4.78 is 51.0. The number of nitrogens with zero attached hydrogens (tertiary/aromatic N) is 1. The Morgan fingerprint density at radius 3 is 2.78 bits per heavy atom. The van der Waals surface area contributed by atoms with Gasteiger partial charge in [-0.25, -0.2) is 13.8 Å². The molecule has 0 radical (unpaired) electrons. The second-order valence-corrected chi connectivity index (χ2v) is 5.49. The quantitative estimate of drug-likeness (QED) is 0.834. The minimum atomic E-state index is -4.06. The molecule has 1 aromatic heterocycles. The number of hydrogen-bond donors (Lipinski definition) is 1. The summed E-state index contributed by atoms with van der Waals surface area (Å²) in [7, 11) is 0. The van der Waals surface area contributed by atoms with Crippen molar-refractivity contribution in [2.75, 3.05) is 11.9 Å². The molecule has 2 nitrogen and oxygen atoms in total. The van der Waals surface area contributed by atoms with Crippen LogP contribution in [0.25, 0.3) is 10.2 Å². The number of hydrogen-bond acceptors (Lipinski definition) is 3. The molecule has 0 saturated heterocycles. The zero-order valence-corrected chi connectivity index (χ0v) is 11.2. The van der Waals surface area contributed by atoms with Crippen molar-refractivity contribution < 1.29 is 17.6 Å². The summed E-state index contributed by atoms with van der Waals surface area (Å²) in [6.07, 6.45) is -3.69. The number of benzene rings is 1. The lowest BCUT2D eigenvalue weighted by atomic mass is 10.3. The third-order valence-electron chi connectivity index (χ3n) is 2.15. The maximum atomic E-state index is 12.7. The second-order valence-electron chi connectivity index (χ2n) is 3.55. The first kappa shape index (κ1) is 13.5. The first-order valence-electron chi connectivity index (χ1n) is 4.84. The second kappa shape index (κ2) is 5.00. The molecule has 1 heterocycles. The van der Waals surface area contributed by atoms with Gasteiger partial charge < -0.3 is 5.32 Å². The van der Waals surface area contributed by atoms with Gasteiger partial charge in [-0.1, -0.05) is 27.3 Å². The van der Waals surface area contributed by atoms with Crippen molar-refractivity contribution in [1.82, 2.24) is 4.98 Å². The van der Waals surface area contributed by atoms with Crippen LogP contribution in [0, 0.1) is 0 Å². The van der Waals surface area contributed by atoms with Gasteiger partial charge in [-0.05, 0) is 18.2 Å². The highest BCUT2D eigenvalue weighted by molar-refractivity contribution is 9.10. The molecule has 1 aromatic carbocycles. The fourth-order valence-electron chi connectivity index (χ4n) is 1.24. The maximum absolute atomic E-state index is 12.7. The van der Waals surface area contributed by atoms with Crippen molar-refractivity contribution in [3.8, 4) is 0 Å². The van der Waals surface area contributed by atoms with Crippen LogP contribution >= 0.6 is 27.3 Å². The van der Waals surface area contributed by atoms with Gasteiger partial charge in [-0.15, -0.1) is 0 Å². The molecular weight excluding hydrogens is 336 g/mol. The smallest absolute Gasteiger partial charge is 0.324 e. The fraction of sp³-hybridized carbons (Fsp3) is 0.300. The average molecular weight is 343 g/mol. The van der Waals surface area contributed by atoms with Crippen molar-refractivity contribution in [1.29, 1.82) is 0 Å². The number of nitrogens with one attached hydrogen (secondary N) is 1. The predicted octanol–water partition coefficient (Wildman–Crippen LogP) is 4.37. The summed E-state index contributed by atoms with van der Waals surface area (Å²) in [5, 5.41) is 2.43. The maximum Gasteiger partial charge on any atom is 0.324 e. The van der Waals surface area contributed by atoms with Crippen molar-refractivity contribution >= 4 is 42.6 Å². The Balaban J connectivity index is 2.13. The first-order chi connectivity index (χ1) is 8.38. The molecule has 2 rings (SSSR count). The molecule has 0 amide bonds. The zero-order valence-electron chi connectivity index (χ0n) is 8.76. The lowest BCUT2D eigenvalue weighted by Crippen LogP contribution is -2.34.